The van der Waals surface area contributed by atoms with Crippen LogP contribution in [0.4, 0.5) is 0 Å². The van der Waals surface area contributed by atoms with Crippen LogP contribution in [0.1, 0.15) is 65.7 Å². The number of amides is 1. The van der Waals surface area contributed by atoms with Crippen molar-refractivity contribution in [2.24, 2.45) is 22.2 Å². The molecule has 1 amide bonds. The van der Waals surface area contributed by atoms with E-state index in [1.165, 1.54) is 19.3 Å². The molecule has 0 aromatic heterocycles. The molecule has 2 nitrogen and oxygen atoms in total. The summed E-state index contributed by atoms with van der Waals surface area (Å²) >= 11 is 5.97. The molecule has 0 aromatic rings. The van der Waals surface area contributed by atoms with Crippen LogP contribution in [-0.2, 0) is 4.79 Å². The lowest BCUT2D eigenvalue weighted by atomic mass is 9.40. The lowest BCUT2D eigenvalue weighted by Gasteiger charge is -2.64. The predicted molar refractivity (Wildman–Crippen MR) is 82.8 cm³/mol. The second kappa shape index (κ2) is 4.63. The summed E-state index contributed by atoms with van der Waals surface area (Å²) < 4.78 is 0. The number of halogens is 1. The van der Waals surface area contributed by atoms with Gasteiger partial charge in [0.25, 0.3) is 0 Å². The van der Waals surface area contributed by atoms with Gasteiger partial charge in [0.05, 0.1) is 5.41 Å². The van der Waals surface area contributed by atoms with Gasteiger partial charge in [-0.15, -0.1) is 11.6 Å². The van der Waals surface area contributed by atoms with Crippen LogP contribution in [0.25, 0.3) is 0 Å². The average Bonchev–Trinajstić information content (AvgIpc) is 2.22. The van der Waals surface area contributed by atoms with Crippen LogP contribution in [0.15, 0.2) is 0 Å². The molecule has 0 aliphatic heterocycles. The molecule has 4 fully saturated rings. The maximum absolute atomic E-state index is 12.8. The molecule has 0 aromatic carbocycles. The van der Waals surface area contributed by atoms with Gasteiger partial charge in [0.15, 0.2) is 0 Å². The molecule has 114 valence electrons. The van der Waals surface area contributed by atoms with Crippen molar-refractivity contribution in [3.63, 3.8) is 0 Å². The van der Waals surface area contributed by atoms with Crippen LogP contribution in [0.2, 0.25) is 0 Å². The average molecular weight is 298 g/mol. The van der Waals surface area contributed by atoms with Crippen molar-refractivity contribution in [3.05, 3.63) is 0 Å². The Morgan fingerprint density at radius 3 is 2.30 bits per heavy atom. The summed E-state index contributed by atoms with van der Waals surface area (Å²) in [5.41, 5.74) is 0.745. The monoisotopic (exact) mass is 297 g/mol. The lowest BCUT2D eigenvalue weighted by molar-refractivity contribution is -0.170. The van der Waals surface area contributed by atoms with Gasteiger partial charge in [-0.2, -0.15) is 0 Å². The second-order valence-corrected chi connectivity index (χ2v) is 9.48. The SMILES string of the molecule is CC(Cl)CCNC(=O)C12CC3CC(C)(CC(C)(C3)C1)C2. The van der Waals surface area contributed by atoms with Crippen molar-refractivity contribution in [2.45, 2.75) is 71.1 Å². The first-order valence-corrected chi connectivity index (χ1v) is 8.60. The highest BCUT2D eigenvalue weighted by Crippen LogP contribution is 2.69. The van der Waals surface area contributed by atoms with E-state index in [1.807, 2.05) is 6.92 Å². The summed E-state index contributed by atoms with van der Waals surface area (Å²) in [6, 6.07) is 0. The molecule has 1 N–H and O–H groups in total. The number of alkyl halides is 1. The first-order chi connectivity index (χ1) is 9.24. The zero-order valence-electron chi connectivity index (χ0n) is 13.1. The topological polar surface area (TPSA) is 29.1 Å². The molecule has 3 heteroatoms. The molecule has 3 unspecified atom stereocenters. The highest BCUT2D eigenvalue weighted by atomic mass is 35.5. The van der Waals surface area contributed by atoms with E-state index in [4.69, 9.17) is 11.6 Å². The zero-order valence-corrected chi connectivity index (χ0v) is 13.9. The maximum Gasteiger partial charge on any atom is 0.226 e. The highest BCUT2D eigenvalue weighted by Gasteiger charge is 2.62. The first-order valence-electron chi connectivity index (χ1n) is 8.17. The molecule has 4 bridgehead atoms. The number of hydrogen-bond acceptors (Lipinski definition) is 1. The Kier molecular flexibility index (Phi) is 3.40. The molecule has 0 radical (unpaired) electrons. The van der Waals surface area contributed by atoms with Gasteiger partial charge in [-0.3, -0.25) is 4.79 Å². The van der Waals surface area contributed by atoms with Gasteiger partial charge in [-0.1, -0.05) is 13.8 Å². The normalized spacial score (nSPS) is 47.3. The number of nitrogens with one attached hydrogen (secondary N) is 1. The van der Waals surface area contributed by atoms with Crippen molar-refractivity contribution < 1.29 is 4.79 Å². The lowest BCUT2D eigenvalue weighted by Crippen LogP contribution is -2.59. The van der Waals surface area contributed by atoms with Crippen molar-refractivity contribution in [2.75, 3.05) is 6.54 Å². The minimum absolute atomic E-state index is 0.0710. The largest absolute Gasteiger partial charge is 0.356 e. The third kappa shape index (κ3) is 2.49. The number of hydrogen-bond donors (Lipinski definition) is 1. The van der Waals surface area contributed by atoms with Crippen molar-refractivity contribution >= 4 is 17.5 Å². The van der Waals surface area contributed by atoms with E-state index in [9.17, 15) is 4.79 Å². The van der Waals surface area contributed by atoms with Gasteiger partial charge in [-0.05, 0) is 68.6 Å². The van der Waals surface area contributed by atoms with Gasteiger partial charge < -0.3 is 5.32 Å². The molecule has 4 aliphatic carbocycles. The Balaban J connectivity index is 1.73. The minimum Gasteiger partial charge on any atom is -0.356 e. The van der Waals surface area contributed by atoms with E-state index < -0.39 is 0 Å². The van der Waals surface area contributed by atoms with Gasteiger partial charge in [0.1, 0.15) is 0 Å². The summed E-state index contributed by atoms with van der Waals surface area (Å²) in [6.07, 6.45) is 8.21. The van der Waals surface area contributed by atoms with Crippen molar-refractivity contribution in [1.82, 2.24) is 5.32 Å². The fourth-order valence-electron chi connectivity index (χ4n) is 6.27. The Morgan fingerprint density at radius 2 is 1.80 bits per heavy atom. The molecule has 4 rings (SSSR count). The molecular weight excluding hydrogens is 270 g/mol. The van der Waals surface area contributed by atoms with Crippen LogP contribution in [0, 0.1) is 22.2 Å². The third-order valence-electron chi connectivity index (χ3n) is 5.94. The molecule has 4 aliphatic rings. The molecule has 4 saturated carbocycles. The molecule has 0 spiro atoms. The summed E-state index contributed by atoms with van der Waals surface area (Å²) in [6.45, 7) is 7.54. The quantitative estimate of drug-likeness (QED) is 0.777. The van der Waals surface area contributed by atoms with E-state index in [-0.39, 0.29) is 10.8 Å². The fraction of sp³-hybridized carbons (Fsp3) is 0.941. The van der Waals surface area contributed by atoms with E-state index in [0.717, 1.165) is 38.1 Å². The van der Waals surface area contributed by atoms with Crippen LogP contribution < -0.4 is 5.32 Å². The Morgan fingerprint density at radius 1 is 1.20 bits per heavy atom. The second-order valence-electron chi connectivity index (χ2n) is 8.74. The number of rotatable bonds is 4. The van der Waals surface area contributed by atoms with Gasteiger partial charge in [0, 0.05) is 11.9 Å². The Bertz CT molecular complexity index is 401. The third-order valence-corrected chi connectivity index (χ3v) is 6.15. The Hall–Kier alpha value is -0.240. The molecule has 0 saturated heterocycles. The number of carbonyl (C=O) groups is 1. The summed E-state index contributed by atoms with van der Waals surface area (Å²) in [7, 11) is 0. The van der Waals surface area contributed by atoms with Crippen LogP contribution in [0.3, 0.4) is 0 Å². The van der Waals surface area contributed by atoms with E-state index in [2.05, 4.69) is 19.2 Å². The smallest absolute Gasteiger partial charge is 0.226 e. The van der Waals surface area contributed by atoms with E-state index in [0.29, 0.717) is 16.7 Å². The summed E-state index contributed by atoms with van der Waals surface area (Å²) in [5.74, 6) is 1.09. The first kappa shape index (κ1) is 14.7. The predicted octanol–water partition coefficient (Wildman–Crippen LogP) is 4.12. The highest BCUT2D eigenvalue weighted by molar-refractivity contribution is 6.20. The molecule has 20 heavy (non-hydrogen) atoms. The Labute approximate surface area is 128 Å². The molecule has 3 atom stereocenters. The van der Waals surface area contributed by atoms with E-state index in [1.54, 1.807) is 0 Å². The summed E-state index contributed by atoms with van der Waals surface area (Å²) in [4.78, 5) is 12.8. The summed E-state index contributed by atoms with van der Waals surface area (Å²) in [5, 5.41) is 3.32. The van der Waals surface area contributed by atoms with Crippen molar-refractivity contribution in [3.8, 4) is 0 Å². The van der Waals surface area contributed by atoms with Crippen LogP contribution in [-0.4, -0.2) is 17.8 Å². The van der Waals surface area contributed by atoms with Gasteiger partial charge in [-0.25, -0.2) is 0 Å². The molecular formula is C17H28ClNO. The van der Waals surface area contributed by atoms with Gasteiger partial charge >= 0.3 is 0 Å². The minimum atomic E-state index is -0.0710. The molecule has 0 heterocycles. The van der Waals surface area contributed by atoms with E-state index >= 15 is 0 Å². The zero-order chi connectivity index (χ0) is 14.6. The van der Waals surface area contributed by atoms with Crippen LogP contribution >= 0.6 is 11.6 Å². The van der Waals surface area contributed by atoms with Gasteiger partial charge in [0.2, 0.25) is 5.91 Å². The fourth-order valence-corrected chi connectivity index (χ4v) is 6.38. The standard InChI is InChI=1S/C17H28ClNO/c1-12(18)4-5-19-14(20)17-8-13-6-15(2,10-17)9-16(3,7-13)11-17/h12-13H,4-11H2,1-3H3,(H,19,20). The van der Waals surface area contributed by atoms with Crippen molar-refractivity contribution in [1.29, 1.82) is 0 Å². The number of carbonyl (C=O) groups excluding carboxylic acids is 1. The van der Waals surface area contributed by atoms with Crippen LogP contribution in [0.5, 0.6) is 0 Å². The maximum atomic E-state index is 12.8.